The average Bonchev–Trinajstić information content (AvgIpc) is 2.25. The van der Waals surface area contributed by atoms with Gasteiger partial charge in [0, 0.05) is 23.2 Å². The van der Waals surface area contributed by atoms with Gasteiger partial charge in [-0.3, -0.25) is 15.4 Å². The molecule has 4 nitrogen and oxygen atoms in total. The largest absolute Gasteiger partial charge is 0.300 e. The van der Waals surface area contributed by atoms with Gasteiger partial charge in [-0.25, -0.2) is 0 Å². The van der Waals surface area contributed by atoms with Crippen LogP contribution in [0.5, 0.6) is 0 Å². The van der Waals surface area contributed by atoms with Gasteiger partial charge in [0.1, 0.15) is 0 Å². The standard InChI is InChI=1S/C11H11ClN2O2/c1-3-8(2)13-7-9-6-10(12)4-5-11(9)14(15)16/h1,4-6,8,13H,7H2,2H3. The van der Waals surface area contributed by atoms with Gasteiger partial charge in [0.05, 0.1) is 11.0 Å². The normalized spacial score (nSPS) is 11.8. The molecule has 1 aromatic carbocycles. The molecule has 5 heteroatoms. The molecule has 1 unspecified atom stereocenters. The van der Waals surface area contributed by atoms with E-state index < -0.39 is 4.92 Å². The summed E-state index contributed by atoms with van der Waals surface area (Å²) in [5.74, 6) is 2.48. The van der Waals surface area contributed by atoms with Gasteiger partial charge < -0.3 is 0 Å². The first-order valence-corrected chi connectivity index (χ1v) is 5.04. The first kappa shape index (κ1) is 12.5. The van der Waals surface area contributed by atoms with Crippen LogP contribution >= 0.6 is 11.6 Å². The minimum absolute atomic E-state index is 0.0427. The van der Waals surface area contributed by atoms with Crippen molar-refractivity contribution >= 4 is 17.3 Å². The summed E-state index contributed by atoms with van der Waals surface area (Å²) in [6.45, 7) is 2.12. The molecule has 1 rings (SSSR count). The number of nitro benzene ring substituents is 1. The fraction of sp³-hybridized carbons (Fsp3) is 0.273. The van der Waals surface area contributed by atoms with E-state index in [-0.39, 0.29) is 11.7 Å². The van der Waals surface area contributed by atoms with Gasteiger partial charge in [-0.15, -0.1) is 6.42 Å². The van der Waals surface area contributed by atoms with Crippen molar-refractivity contribution in [2.75, 3.05) is 0 Å². The van der Waals surface area contributed by atoms with E-state index in [0.717, 1.165) is 0 Å². The minimum Gasteiger partial charge on any atom is -0.300 e. The van der Waals surface area contributed by atoms with Crippen LogP contribution in [0, 0.1) is 22.5 Å². The Hall–Kier alpha value is -1.57. The van der Waals surface area contributed by atoms with Crippen molar-refractivity contribution in [3.8, 4) is 12.3 Å². The van der Waals surface area contributed by atoms with Crippen molar-refractivity contribution in [3.63, 3.8) is 0 Å². The van der Waals surface area contributed by atoms with Gasteiger partial charge in [-0.1, -0.05) is 17.5 Å². The summed E-state index contributed by atoms with van der Waals surface area (Å²) in [7, 11) is 0. The zero-order valence-corrected chi connectivity index (χ0v) is 9.49. The molecule has 16 heavy (non-hydrogen) atoms. The Kier molecular flexibility index (Phi) is 4.29. The zero-order valence-electron chi connectivity index (χ0n) is 8.74. The predicted molar refractivity (Wildman–Crippen MR) is 63.2 cm³/mol. The van der Waals surface area contributed by atoms with Crippen LogP contribution in [-0.4, -0.2) is 11.0 Å². The molecule has 0 bridgehead atoms. The number of hydrogen-bond acceptors (Lipinski definition) is 3. The van der Waals surface area contributed by atoms with Crippen molar-refractivity contribution < 1.29 is 4.92 Å². The van der Waals surface area contributed by atoms with E-state index in [9.17, 15) is 10.1 Å². The summed E-state index contributed by atoms with van der Waals surface area (Å²) >= 11 is 5.78. The van der Waals surface area contributed by atoms with Gasteiger partial charge in [0.2, 0.25) is 0 Å². The van der Waals surface area contributed by atoms with Crippen LogP contribution in [0.3, 0.4) is 0 Å². The smallest absolute Gasteiger partial charge is 0.273 e. The topological polar surface area (TPSA) is 55.2 Å². The quantitative estimate of drug-likeness (QED) is 0.498. The molecule has 1 atom stereocenters. The Bertz CT molecular complexity index is 440. The fourth-order valence-electron chi connectivity index (χ4n) is 1.20. The third-order valence-corrected chi connectivity index (χ3v) is 2.32. The number of halogens is 1. The van der Waals surface area contributed by atoms with Crippen LogP contribution in [0.2, 0.25) is 5.02 Å². The van der Waals surface area contributed by atoms with Gasteiger partial charge in [0.25, 0.3) is 5.69 Å². The van der Waals surface area contributed by atoms with E-state index in [1.165, 1.54) is 12.1 Å². The van der Waals surface area contributed by atoms with E-state index in [1.54, 1.807) is 13.0 Å². The number of terminal acetylenes is 1. The van der Waals surface area contributed by atoms with Gasteiger partial charge in [-0.05, 0) is 19.1 Å². The second kappa shape index (κ2) is 5.50. The maximum absolute atomic E-state index is 10.7. The van der Waals surface area contributed by atoms with Crippen LogP contribution in [0.1, 0.15) is 12.5 Å². The third kappa shape index (κ3) is 3.23. The molecular weight excluding hydrogens is 228 g/mol. The maximum atomic E-state index is 10.7. The highest BCUT2D eigenvalue weighted by Gasteiger charge is 2.13. The summed E-state index contributed by atoms with van der Waals surface area (Å²) in [5, 5.41) is 14.2. The summed E-state index contributed by atoms with van der Waals surface area (Å²) in [6, 6.07) is 4.31. The summed E-state index contributed by atoms with van der Waals surface area (Å²) in [6.07, 6.45) is 5.19. The van der Waals surface area contributed by atoms with E-state index in [4.69, 9.17) is 18.0 Å². The Morgan fingerprint density at radius 3 is 2.94 bits per heavy atom. The van der Waals surface area contributed by atoms with Crippen molar-refractivity contribution in [2.24, 2.45) is 0 Å². The van der Waals surface area contributed by atoms with Crippen LogP contribution in [-0.2, 0) is 6.54 Å². The first-order chi connectivity index (χ1) is 7.54. The van der Waals surface area contributed by atoms with E-state index in [1.807, 2.05) is 0 Å². The highest BCUT2D eigenvalue weighted by molar-refractivity contribution is 6.30. The molecule has 0 aliphatic carbocycles. The lowest BCUT2D eigenvalue weighted by Gasteiger charge is -2.08. The lowest BCUT2D eigenvalue weighted by atomic mass is 10.1. The number of hydrogen-bond donors (Lipinski definition) is 1. The van der Waals surface area contributed by atoms with Crippen LogP contribution in [0.15, 0.2) is 18.2 Å². The third-order valence-electron chi connectivity index (χ3n) is 2.09. The Balaban J connectivity index is 2.89. The van der Waals surface area contributed by atoms with Crippen molar-refractivity contribution in [2.45, 2.75) is 19.5 Å². The van der Waals surface area contributed by atoms with Crippen molar-refractivity contribution in [1.29, 1.82) is 0 Å². The zero-order chi connectivity index (χ0) is 12.1. The average molecular weight is 239 g/mol. The van der Waals surface area contributed by atoms with Crippen LogP contribution < -0.4 is 5.32 Å². The van der Waals surface area contributed by atoms with E-state index in [0.29, 0.717) is 17.1 Å². The molecule has 0 aliphatic heterocycles. The Morgan fingerprint density at radius 1 is 1.69 bits per heavy atom. The molecule has 84 valence electrons. The second-order valence-electron chi connectivity index (χ2n) is 3.30. The molecule has 1 aromatic rings. The minimum atomic E-state index is -0.437. The fourth-order valence-corrected chi connectivity index (χ4v) is 1.39. The highest BCUT2D eigenvalue weighted by atomic mass is 35.5. The van der Waals surface area contributed by atoms with E-state index >= 15 is 0 Å². The summed E-state index contributed by atoms with van der Waals surface area (Å²) in [5.41, 5.74) is 0.570. The van der Waals surface area contributed by atoms with Crippen LogP contribution in [0.25, 0.3) is 0 Å². The summed E-state index contributed by atoms with van der Waals surface area (Å²) < 4.78 is 0. The molecule has 1 N–H and O–H groups in total. The first-order valence-electron chi connectivity index (χ1n) is 4.67. The molecule has 0 saturated heterocycles. The lowest BCUT2D eigenvalue weighted by molar-refractivity contribution is -0.385. The van der Waals surface area contributed by atoms with Gasteiger partial charge in [-0.2, -0.15) is 0 Å². The van der Waals surface area contributed by atoms with E-state index in [2.05, 4.69) is 11.2 Å². The molecule has 0 amide bonds. The van der Waals surface area contributed by atoms with Gasteiger partial charge in [0.15, 0.2) is 0 Å². The Labute approximate surface area is 98.8 Å². The maximum Gasteiger partial charge on any atom is 0.273 e. The molecule has 0 aliphatic rings. The predicted octanol–water partition coefficient (Wildman–Crippen LogP) is 2.36. The lowest BCUT2D eigenvalue weighted by Crippen LogP contribution is -2.23. The molecule has 0 aromatic heterocycles. The SMILES string of the molecule is C#CC(C)NCc1cc(Cl)ccc1[N+](=O)[O-]. The number of nitrogens with zero attached hydrogens (tertiary/aromatic N) is 1. The molecule has 0 saturated carbocycles. The monoisotopic (exact) mass is 238 g/mol. The van der Waals surface area contributed by atoms with Crippen molar-refractivity contribution in [1.82, 2.24) is 5.32 Å². The second-order valence-corrected chi connectivity index (χ2v) is 3.74. The highest BCUT2D eigenvalue weighted by Crippen LogP contribution is 2.22. The Morgan fingerprint density at radius 2 is 2.38 bits per heavy atom. The van der Waals surface area contributed by atoms with Gasteiger partial charge >= 0.3 is 0 Å². The van der Waals surface area contributed by atoms with Crippen LogP contribution in [0.4, 0.5) is 5.69 Å². The number of nitro groups is 1. The number of nitrogens with one attached hydrogen (secondary N) is 1. The number of rotatable bonds is 4. The molecule has 0 fully saturated rings. The molecule has 0 heterocycles. The summed E-state index contributed by atoms with van der Waals surface area (Å²) in [4.78, 5) is 10.3. The molecular formula is C11H11ClN2O2. The van der Waals surface area contributed by atoms with Crippen molar-refractivity contribution in [3.05, 3.63) is 38.9 Å². The number of benzene rings is 1. The molecule has 0 radical (unpaired) electrons. The molecule has 0 spiro atoms.